The van der Waals surface area contributed by atoms with Gasteiger partial charge >= 0.3 is 0 Å². The first kappa shape index (κ1) is 16.5. The molecule has 0 amide bonds. The Labute approximate surface area is 144 Å². The predicted octanol–water partition coefficient (Wildman–Crippen LogP) is 1.77. The van der Waals surface area contributed by atoms with Crippen LogP contribution >= 0.6 is 23.1 Å². The Hall–Kier alpha value is -1.35. The Morgan fingerprint density at radius 2 is 2.30 bits per heavy atom. The van der Waals surface area contributed by atoms with E-state index in [1.807, 2.05) is 17.5 Å². The molecule has 0 aliphatic carbocycles. The van der Waals surface area contributed by atoms with E-state index in [0.717, 1.165) is 36.9 Å². The highest BCUT2D eigenvalue weighted by Gasteiger charge is 2.25. The molecule has 1 aliphatic heterocycles. The second-order valence-corrected chi connectivity index (χ2v) is 7.82. The lowest BCUT2D eigenvalue weighted by Crippen LogP contribution is -2.52. The van der Waals surface area contributed by atoms with Gasteiger partial charge in [0, 0.05) is 38.3 Å². The van der Waals surface area contributed by atoms with E-state index in [1.54, 1.807) is 23.1 Å². The van der Waals surface area contributed by atoms with E-state index in [9.17, 15) is 5.11 Å². The van der Waals surface area contributed by atoms with Crippen LogP contribution in [-0.2, 0) is 0 Å². The Morgan fingerprint density at radius 1 is 1.43 bits per heavy atom. The molecule has 1 atom stereocenters. The van der Waals surface area contributed by atoms with Gasteiger partial charge in [-0.25, -0.2) is 4.98 Å². The third-order valence-corrected chi connectivity index (χ3v) is 5.93. The molecule has 0 spiro atoms. The van der Waals surface area contributed by atoms with Crippen LogP contribution in [0.1, 0.15) is 6.42 Å². The topological polar surface area (TPSA) is 78.5 Å². The molecule has 1 saturated heterocycles. The quantitative estimate of drug-likeness (QED) is 0.795. The SMILES string of the molecule is CN1CCN(c2cc(Sc3cccs3)nc(N)n2)C[C@@H]1CCO. The van der Waals surface area contributed by atoms with E-state index in [-0.39, 0.29) is 6.61 Å². The summed E-state index contributed by atoms with van der Waals surface area (Å²) in [6.07, 6.45) is 0.768. The van der Waals surface area contributed by atoms with Gasteiger partial charge in [0.05, 0.1) is 4.21 Å². The summed E-state index contributed by atoms with van der Waals surface area (Å²) in [5.41, 5.74) is 5.91. The second-order valence-electron chi connectivity index (χ2n) is 5.55. The lowest BCUT2D eigenvalue weighted by atomic mass is 10.1. The van der Waals surface area contributed by atoms with E-state index in [2.05, 4.69) is 32.9 Å². The Morgan fingerprint density at radius 3 is 3.04 bits per heavy atom. The van der Waals surface area contributed by atoms with Gasteiger partial charge in [0.2, 0.25) is 5.95 Å². The van der Waals surface area contributed by atoms with Gasteiger partial charge in [-0.3, -0.25) is 4.90 Å². The van der Waals surface area contributed by atoms with E-state index in [4.69, 9.17) is 5.73 Å². The van der Waals surface area contributed by atoms with Crippen molar-refractivity contribution in [2.75, 3.05) is 43.9 Å². The first-order chi connectivity index (χ1) is 11.2. The molecule has 0 unspecified atom stereocenters. The molecule has 3 N–H and O–H groups in total. The highest BCUT2D eigenvalue weighted by Crippen LogP contribution is 2.32. The van der Waals surface area contributed by atoms with Crippen LogP contribution in [0.15, 0.2) is 32.8 Å². The summed E-state index contributed by atoms with van der Waals surface area (Å²) < 4.78 is 1.19. The second kappa shape index (κ2) is 7.48. The van der Waals surface area contributed by atoms with Gasteiger partial charge in [0.15, 0.2) is 0 Å². The fraction of sp³-hybridized carbons (Fsp3) is 0.467. The van der Waals surface area contributed by atoms with Crippen LogP contribution in [0.4, 0.5) is 11.8 Å². The van der Waals surface area contributed by atoms with Gasteiger partial charge in [-0.2, -0.15) is 4.98 Å². The van der Waals surface area contributed by atoms with Gasteiger partial charge in [0.1, 0.15) is 10.8 Å². The van der Waals surface area contributed by atoms with E-state index in [0.29, 0.717) is 12.0 Å². The lowest BCUT2D eigenvalue weighted by Gasteiger charge is -2.40. The van der Waals surface area contributed by atoms with Gasteiger partial charge in [-0.15, -0.1) is 11.3 Å². The zero-order valence-corrected chi connectivity index (χ0v) is 14.7. The van der Waals surface area contributed by atoms with Crippen molar-refractivity contribution in [1.29, 1.82) is 0 Å². The molecule has 0 saturated carbocycles. The minimum absolute atomic E-state index is 0.203. The number of thiophene rings is 1. The van der Waals surface area contributed by atoms with Gasteiger partial charge < -0.3 is 15.7 Å². The molecule has 6 nitrogen and oxygen atoms in total. The number of aliphatic hydroxyl groups excluding tert-OH is 1. The summed E-state index contributed by atoms with van der Waals surface area (Å²) in [6.45, 7) is 2.89. The Bertz CT molecular complexity index is 637. The summed E-state index contributed by atoms with van der Waals surface area (Å²) >= 11 is 3.29. The van der Waals surface area contributed by atoms with Crippen molar-refractivity contribution in [3.05, 3.63) is 23.6 Å². The average Bonchev–Trinajstić information content (AvgIpc) is 3.02. The van der Waals surface area contributed by atoms with Crippen LogP contribution < -0.4 is 10.6 Å². The van der Waals surface area contributed by atoms with Crippen LogP contribution in [0, 0.1) is 0 Å². The fourth-order valence-electron chi connectivity index (χ4n) is 2.68. The van der Waals surface area contributed by atoms with Crippen LogP contribution in [0.3, 0.4) is 0 Å². The number of aliphatic hydroxyl groups is 1. The molecular formula is C15H21N5OS2. The summed E-state index contributed by atoms with van der Waals surface area (Å²) in [6, 6.07) is 6.43. The third kappa shape index (κ3) is 4.14. The molecule has 2 aromatic heterocycles. The minimum Gasteiger partial charge on any atom is -0.396 e. The third-order valence-electron chi connectivity index (χ3n) is 3.97. The van der Waals surface area contributed by atoms with Crippen LogP contribution in [0.25, 0.3) is 0 Å². The molecular weight excluding hydrogens is 330 g/mol. The number of rotatable bonds is 5. The monoisotopic (exact) mass is 351 g/mol. The Kier molecular flexibility index (Phi) is 5.37. The molecule has 2 aromatic rings. The van der Waals surface area contributed by atoms with E-state index >= 15 is 0 Å². The summed E-state index contributed by atoms with van der Waals surface area (Å²) in [5.74, 6) is 1.17. The molecule has 0 bridgehead atoms. The van der Waals surface area contributed by atoms with Gasteiger partial charge in [-0.1, -0.05) is 17.8 Å². The van der Waals surface area contributed by atoms with Crippen molar-refractivity contribution in [2.24, 2.45) is 0 Å². The molecule has 0 aromatic carbocycles. The van der Waals surface area contributed by atoms with Crippen molar-refractivity contribution in [1.82, 2.24) is 14.9 Å². The largest absolute Gasteiger partial charge is 0.396 e. The number of nitrogen functional groups attached to an aromatic ring is 1. The summed E-state index contributed by atoms with van der Waals surface area (Å²) in [7, 11) is 2.10. The fourth-order valence-corrected chi connectivity index (χ4v) is 4.40. The van der Waals surface area contributed by atoms with Crippen molar-refractivity contribution in [3.63, 3.8) is 0 Å². The zero-order chi connectivity index (χ0) is 16.2. The van der Waals surface area contributed by atoms with Crippen molar-refractivity contribution in [3.8, 4) is 0 Å². The smallest absolute Gasteiger partial charge is 0.223 e. The standard InChI is InChI=1S/C15H21N5OS2/c1-19-5-6-20(10-11(19)4-7-21)12-9-13(18-15(16)17-12)23-14-3-2-8-22-14/h2-3,8-9,11,21H,4-7,10H2,1H3,(H2,16,17,18)/t11-/m0/s1. The highest BCUT2D eigenvalue weighted by molar-refractivity contribution is 8.01. The maximum atomic E-state index is 9.23. The number of nitrogens with zero attached hydrogens (tertiary/aromatic N) is 4. The maximum absolute atomic E-state index is 9.23. The number of aromatic nitrogens is 2. The number of hydrogen-bond donors (Lipinski definition) is 2. The molecule has 3 rings (SSSR count). The molecule has 3 heterocycles. The first-order valence-electron chi connectivity index (χ1n) is 7.57. The molecule has 23 heavy (non-hydrogen) atoms. The van der Waals surface area contributed by atoms with Crippen LogP contribution in [0.5, 0.6) is 0 Å². The maximum Gasteiger partial charge on any atom is 0.223 e. The average molecular weight is 352 g/mol. The number of anilines is 2. The molecule has 0 radical (unpaired) electrons. The molecule has 1 fully saturated rings. The summed E-state index contributed by atoms with van der Waals surface area (Å²) in [4.78, 5) is 13.3. The first-order valence-corrected chi connectivity index (χ1v) is 9.27. The number of likely N-dealkylation sites (N-methyl/N-ethyl adjacent to an activating group) is 1. The number of hydrogen-bond acceptors (Lipinski definition) is 8. The molecule has 8 heteroatoms. The van der Waals surface area contributed by atoms with E-state index < -0.39 is 0 Å². The summed E-state index contributed by atoms with van der Waals surface area (Å²) in [5, 5.41) is 12.1. The number of nitrogens with two attached hydrogens (primary N) is 1. The van der Waals surface area contributed by atoms with Gasteiger partial charge in [-0.05, 0) is 24.9 Å². The van der Waals surface area contributed by atoms with Crippen molar-refractivity contribution < 1.29 is 5.11 Å². The zero-order valence-electron chi connectivity index (χ0n) is 13.1. The van der Waals surface area contributed by atoms with Gasteiger partial charge in [0.25, 0.3) is 0 Å². The molecule has 124 valence electrons. The highest BCUT2D eigenvalue weighted by atomic mass is 32.2. The predicted molar refractivity (Wildman–Crippen MR) is 95.2 cm³/mol. The van der Waals surface area contributed by atoms with Crippen LogP contribution in [0.2, 0.25) is 0 Å². The van der Waals surface area contributed by atoms with Crippen LogP contribution in [-0.4, -0.2) is 59.3 Å². The minimum atomic E-state index is 0.203. The molecule has 1 aliphatic rings. The van der Waals surface area contributed by atoms with Crippen molar-refractivity contribution >= 4 is 34.9 Å². The normalized spacial score (nSPS) is 19.2. The Balaban J connectivity index is 1.77. The van der Waals surface area contributed by atoms with E-state index in [1.165, 1.54) is 4.21 Å². The van der Waals surface area contributed by atoms with Crippen molar-refractivity contribution in [2.45, 2.75) is 21.7 Å². The number of piperazine rings is 1. The lowest BCUT2D eigenvalue weighted by molar-refractivity contribution is 0.170.